The molecule has 5 heteroatoms. The van der Waals surface area contributed by atoms with E-state index >= 15 is 0 Å². The number of hydrogen-bond donors (Lipinski definition) is 2. The first-order valence-corrected chi connectivity index (χ1v) is 9.99. The van der Waals surface area contributed by atoms with Gasteiger partial charge in [0.2, 0.25) is 0 Å². The van der Waals surface area contributed by atoms with E-state index in [4.69, 9.17) is 11.6 Å². The molecule has 29 heavy (non-hydrogen) atoms. The molecule has 0 aliphatic heterocycles. The molecule has 0 fully saturated rings. The van der Waals surface area contributed by atoms with Crippen molar-refractivity contribution in [2.24, 2.45) is 5.92 Å². The molecule has 2 N–H and O–H groups in total. The molecule has 0 radical (unpaired) electrons. The molecule has 1 atom stereocenters. The van der Waals surface area contributed by atoms with Crippen LogP contribution in [0, 0.1) is 5.92 Å². The Labute approximate surface area is 174 Å². The van der Waals surface area contributed by atoms with Crippen LogP contribution in [0.2, 0.25) is 5.02 Å². The highest BCUT2D eigenvalue weighted by Crippen LogP contribution is 2.34. The van der Waals surface area contributed by atoms with Crippen molar-refractivity contribution in [1.29, 1.82) is 0 Å². The summed E-state index contributed by atoms with van der Waals surface area (Å²) in [5, 5.41) is 6.10. The number of nitrogens with one attached hydrogen (secondary N) is 2. The number of rotatable bonds is 3. The summed E-state index contributed by atoms with van der Waals surface area (Å²) in [6, 6.07) is 20.2. The third-order valence-corrected chi connectivity index (χ3v) is 5.55. The van der Waals surface area contributed by atoms with Gasteiger partial charge in [-0.15, -0.1) is 0 Å². The minimum absolute atomic E-state index is 0.0873. The lowest BCUT2D eigenvalue weighted by molar-refractivity contribution is 0.0913. The van der Waals surface area contributed by atoms with Crippen LogP contribution in [0.25, 0.3) is 11.1 Å². The van der Waals surface area contributed by atoms with Gasteiger partial charge in [0.05, 0.1) is 5.02 Å². The molecule has 0 aromatic heterocycles. The van der Waals surface area contributed by atoms with Crippen molar-refractivity contribution in [3.63, 3.8) is 0 Å². The van der Waals surface area contributed by atoms with Gasteiger partial charge in [-0.3, -0.25) is 4.79 Å². The number of Topliss-reactive ketones (excluding diaryl/α,β-unsaturated/α-hetero) is 1. The molecule has 1 aliphatic rings. The highest BCUT2D eigenvalue weighted by Gasteiger charge is 2.24. The van der Waals surface area contributed by atoms with E-state index in [9.17, 15) is 9.59 Å². The quantitative estimate of drug-likeness (QED) is 0.529. The summed E-state index contributed by atoms with van der Waals surface area (Å²) in [4.78, 5) is 24.5. The zero-order valence-corrected chi connectivity index (χ0v) is 16.8. The van der Waals surface area contributed by atoms with E-state index in [1.54, 1.807) is 6.07 Å². The van der Waals surface area contributed by atoms with Crippen LogP contribution in [-0.4, -0.2) is 11.8 Å². The van der Waals surface area contributed by atoms with Crippen LogP contribution in [0.4, 0.5) is 16.2 Å². The third kappa shape index (κ3) is 4.17. The summed E-state index contributed by atoms with van der Waals surface area (Å²) in [5.41, 5.74) is 5.05. The molecule has 146 valence electrons. The number of amides is 2. The maximum Gasteiger partial charge on any atom is 0.323 e. The summed E-state index contributed by atoms with van der Waals surface area (Å²) in [7, 11) is 0. The summed E-state index contributed by atoms with van der Waals surface area (Å²) in [5.74, 6) is 0.303. The highest BCUT2D eigenvalue weighted by molar-refractivity contribution is 6.33. The molecular weight excluding hydrogens is 384 g/mol. The van der Waals surface area contributed by atoms with Crippen LogP contribution in [0.1, 0.15) is 29.3 Å². The fourth-order valence-corrected chi connectivity index (χ4v) is 3.91. The number of anilines is 2. The van der Waals surface area contributed by atoms with E-state index in [-0.39, 0.29) is 17.7 Å². The first-order chi connectivity index (χ1) is 14.0. The number of carbonyl (C=O) groups is 2. The van der Waals surface area contributed by atoms with E-state index in [2.05, 4.69) is 16.7 Å². The lowest BCUT2D eigenvalue weighted by Gasteiger charge is -2.21. The van der Waals surface area contributed by atoms with Gasteiger partial charge in [-0.2, -0.15) is 0 Å². The van der Waals surface area contributed by atoms with Crippen molar-refractivity contribution in [3.8, 4) is 11.1 Å². The molecule has 1 unspecified atom stereocenters. The fourth-order valence-electron chi connectivity index (χ4n) is 3.62. The fraction of sp³-hybridized carbons (Fsp3) is 0.167. The third-order valence-electron chi connectivity index (χ3n) is 5.23. The zero-order valence-electron chi connectivity index (χ0n) is 16.0. The van der Waals surface area contributed by atoms with Crippen molar-refractivity contribution >= 4 is 34.8 Å². The molecule has 3 aromatic rings. The maximum atomic E-state index is 12.3. The van der Waals surface area contributed by atoms with Gasteiger partial charge in [-0.05, 0) is 48.2 Å². The number of benzene rings is 3. The summed E-state index contributed by atoms with van der Waals surface area (Å²) in [6.45, 7) is 1.98. The molecule has 0 saturated heterocycles. The topological polar surface area (TPSA) is 58.2 Å². The Morgan fingerprint density at radius 2 is 1.66 bits per heavy atom. The van der Waals surface area contributed by atoms with E-state index < -0.39 is 0 Å². The van der Waals surface area contributed by atoms with E-state index in [0.717, 1.165) is 35.1 Å². The van der Waals surface area contributed by atoms with Crippen LogP contribution < -0.4 is 10.6 Å². The Kier molecular flexibility index (Phi) is 5.36. The molecule has 0 saturated carbocycles. The number of aryl methyl sites for hydroxylation is 1. The smallest absolute Gasteiger partial charge is 0.308 e. The zero-order chi connectivity index (χ0) is 20.4. The van der Waals surface area contributed by atoms with Crippen LogP contribution in [0.15, 0.2) is 66.7 Å². The van der Waals surface area contributed by atoms with Crippen LogP contribution >= 0.6 is 11.6 Å². The van der Waals surface area contributed by atoms with Gasteiger partial charge < -0.3 is 10.6 Å². The number of fused-ring (bicyclic) bond motifs is 1. The molecule has 0 bridgehead atoms. The van der Waals surface area contributed by atoms with E-state index in [1.165, 1.54) is 0 Å². The number of halogens is 1. The van der Waals surface area contributed by atoms with Gasteiger partial charge in [0.25, 0.3) is 0 Å². The Morgan fingerprint density at radius 1 is 0.931 bits per heavy atom. The highest BCUT2D eigenvalue weighted by atomic mass is 35.5. The lowest BCUT2D eigenvalue weighted by atomic mass is 9.82. The summed E-state index contributed by atoms with van der Waals surface area (Å²) in [6.07, 6.45) is 1.77. The molecule has 4 nitrogen and oxygen atoms in total. The van der Waals surface area contributed by atoms with E-state index in [0.29, 0.717) is 16.4 Å². The SMILES string of the molecule is CC1CCc2cc(-c3ccc(NC(=O)Nc4ccccc4)cc3Cl)ccc2C1=O. The molecule has 0 spiro atoms. The number of para-hydroxylation sites is 1. The van der Waals surface area contributed by atoms with Gasteiger partial charge >= 0.3 is 6.03 Å². The number of hydrogen-bond acceptors (Lipinski definition) is 2. The maximum absolute atomic E-state index is 12.3. The van der Waals surface area contributed by atoms with Gasteiger partial charge in [0.1, 0.15) is 0 Å². The first-order valence-electron chi connectivity index (χ1n) is 9.61. The molecule has 4 rings (SSSR count). The summed E-state index contributed by atoms with van der Waals surface area (Å²) < 4.78 is 0. The Morgan fingerprint density at radius 3 is 2.41 bits per heavy atom. The van der Waals surface area contributed by atoms with Crippen LogP contribution in [0.3, 0.4) is 0 Å². The van der Waals surface area contributed by atoms with Gasteiger partial charge in [0.15, 0.2) is 5.78 Å². The largest absolute Gasteiger partial charge is 0.323 e. The lowest BCUT2D eigenvalue weighted by Crippen LogP contribution is -2.19. The number of carbonyl (C=O) groups excluding carboxylic acids is 2. The molecule has 0 heterocycles. The van der Waals surface area contributed by atoms with Gasteiger partial charge in [-0.1, -0.05) is 61.0 Å². The second kappa shape index (κ2) is 8.10. The van der Waals surface area contributed by atoms with Gasteiger partial charge in [0, 0.05) is 28.4 Å². The average molecular weight is 405 g/mol. The van der Waals surface area contributed by atoms with Crippen molar-refractivity contribution in [2.45, 2.75) is 19.8 Å². The van der Waals surface area contributed by atoms with E-state index in [1.807, 2.05) is 61.5 Å². The molecular formula is C24H21ClN2O2. The Bertz CT molecular complexity index is 1080. The molecule has 1 aliphatic carbocycles. The van der Waals surface area contributed by atoms with Crippen molar-refractivity contribution in [2.75, 3.05) is 10.6 Å². The minimum atomic E-state index is -0.332. The number of ketones is 1. The second-order valence-electron chi connectivity index (χ2n) is 7.32. The minimum Gasteiger partial charge on any atom is -0.308 e. The predicted molar refractivity (Wildman–Crippen MR) is 118 cm³/mol. The van der Waals surface area contributed by atoms with Crippen molar-refractivity contribution in [1.82, 2.24) is 0 Å². The molecule has 2 amide bonds. The predicted octanol–water partition coefficient (Wildman–Crippen LogP) is 6.42. The summed E-state index contributed by atoms with van der Waals surface area (Å²) >= 11 is 6.50. The van der Waals surface area contributed by atoms with Crippen LogP contribution in [0.5, 0.6) is 0 Å². The number of urea groups is 1. The Hall–Kier alpha value is -3.11. The monoisotopic (exact) mass is 404 g/mol. The standard InChI is InChI=1S/C24H21ClN2O2/c1-15-7-8-17-13-16(9-11-21(17)23(15)28)20-12-10-19(14-22(20)25)27-24(29)26-18-5-3-2-4-6-18/h2-6,9-15H,7-8H2,1H3,(H2,26,27,29). The van der Waals surface area contributed by atoms with Gasteiger partial charge in [-0.25, -0.2) is 4.79 Å². The molecule has 3 aromatic carbocycles. The average Bonchev–Trinajstić information content (AvgIpc) is 2.71. The van der Waals surface area contributed by atoms with Crippen molar-refractivity contribution < 1.29 is 9.59 Å². The van der Waals surface area contributed by atoms with Crippen molar-refractivity contribution in [3.05, 3.63) is 82.9 Å². The normalized spacial score (nSPS) is 15.5. The van der Waals surface area contributed by atoms with Crippen LogP contribution in [-0.2, 0) is 6.42 Å². The first kappa shape index (κ1) is 19.2. The Balaban J connectivity index is 1.52. The second-order valence-corrected chi connectivity index (χ2v) is 7.72.